The lowest BCUT2D eigenvalue weighted by Crippen LogP contribution is -2.54. The van der Waals surface area contributed by atoms with Gasteiger partial charge in [0.1, 0.15) is 18.0 Å². The lowest BCUT2D eigenvalue weighted by Gasteiger charge is -2.37. The largest absolute Gasteiger partial charge is 0.387 e. The van der Waals surface area contributed by atoms with Crippen molar-refractivity contribution in [2.45, 2.75) is 37.8 Å². The Morgan fingerprint density at radius 1 is 1.24 bits per heavy atom. The summed E-state index contributed by atoms with van der Waals surface area (Å²) in [5, 5.41) is 10.2. The molecule has 0 bridgehead atoms. The first-order valence-corrected chi connectivity index (χ1v) is 10.0. The number of amides is 1. The van der Waals surface area contributed by atoms with Gasteiger partial charge in [-0.3, -0.25) is 4.79 Å². The Bertz CT molecular complexity index is 883. The van der Waals surface area contributed by atoms with E-state index in [1.807, 2.05) is 0 Å². The van der Waals surface area contributed by atoms with Crippen molar-refractivity contribution in [2.75, 3.05) is 31.1 Å². The molecule has 2 heterocycles. The molecule has 1 fully saturated rings. The number of fused-ring (bicyclic) bond motifs is 1. The SMILES string of the molecule is C[C@@H]1C[C@H](O)c2ncnc(N3CCN(C(=O)[C@H](N)Cc4ccc(F)cc4)CC3)c21. The number of hydrogen-bond acceptors (Lipinski definition) is 6. The predicted molar refractivity (Wildman–Crippen MR) is 107 cm³/mol. The van der Waals surface area contributed by atoms with Gasteiger partial charge >= 0.3 is 0 Å². The highest BCUT2D eigenvalue weighted by Crippen LogP contribution is 2.42. The standard InChI is InChI=1S/C21H26FN5O2/c1-13-10-17(28)19-18(13)20(25-12-24-19)26-6-8-27(9-7-26)21(29)16(23)11-14-2-4-15(22)5-3-14/h2-5,12-13,16-17,28H,6-11,23H2,1H3/t13-,16-,17+/m1/s1. The number of halogens is 1. The fraction of sp³-hybridized carbons (Fsp3) is 0.476. The van der Waals surface area contributed by atoms with Gasteiger partial charge in [-0.15, -0.1) is 0 Å². The van der Waals surface area contributed by atoms with Crippen LogP contribution in [-0.4, -0.2) is 58.1 Å². The molecule has 1 saturated heterocycles. The van der Waals surface area contributed by atoms with Crippen molar-refractivity contribution in [3.05, 3.63) is 53.2 Å². The molecule has 154 valence electrons. The Kier molecular flexibility index (Phi) is 5.47. The topological polar surface area (TPSA) is 95.6 Å². The van der Waals surface area contributed by atoms with Crippen molar-refractivity contribution in [3.63, 3.8) is 0 Å². The zero-order valence-electron chi connectivity index (χ0n) is 16.5. The molecule has 3 atom stereocenters. The smallest absolute Gasteiger partial charge is 0.239 e. The Morgan fingerprint density at radius 2 is 1.93 bits per heavy atom. The van der Waals surface area contributed by atoms with E-state index in [1.54, 1.807) is 17.0 Å². The van der Waals surface area contributed by atoms with Crippen LogP contribution >= 0.6 is 0 Å². The third-order valence-electron chi connectivity index (χ3n) is 5.86. The van der Waals surface area contributed by atoms with Crippen LogP contribution in [0.5, 0.6) is 0 Å². The Hall–Kier alpha value is -2.58. The van der Waals surface area contributed by atoms with Gasteiger partial charge in [0.25, 0.3) is 0 Å². The lowest BCUT2D eigenvalue weighted by atomic mass is 10.0. The van der Waals surface area contributed by atoms with Crippen molar-refractivity contribution in [2.24, 2.45) is 5.73 Å². The molecule has 0 spiro atoms. The molecule has 4 rings (SSSR count). The molecule has 1 aromatic carbocycles. The summed E-state index contributed by atoms with van der Waals surface area (Å²) in [4.78, 5) is 25.4. The number of nitrogens with zero attached hydrogens (tertiary/aromatic N) is 4. The van der Waals surface area contributed by atoms with E-state index in [-0.39, 0.29) is 17.6 Å². The number of aromatic nitrogens is 2. The van der Waals surface area contributed by atoms with Gasteiger partial charge in [-0.1, -0.05) is 19.1 Å². The summed E-state index contributed by atoms with van der Waals surface area (Å²) in [6.45, 7) is 4.51. The number of carbonyl (C=O) groups is 1. The summed E-state index contributed by atoms with van der Waals surface area (Å²) in [6, 6.07) is 5.43. The lowest BCUT2D eigenvalue weighted by molar-refractivity contribution is -0.132. The highest BCUT2D eigenvalue weighted by molar-refractivity contribution is 5.82. The average molecular weight is 399 g/mol. The minimum Gasteiger partial charge on any atom is -0.387 e. The molecule has 1 aliphatic carbocycles. The molecule has 8 heteroatoms. The molecular weight excluding hydrogens is 373 g/mol. The number of rotatable bonds is 4. The van der Waals surface area contributed by atoms with E-state index in [0.29, 0.717) is 39.0 Å². The van der Waals surface area contributed by atoms with Crippen LogP contribution in [0.4, 0.5) is 10.2 Å². The van der Waals surface area contributed by atoms with E-state index in [0.717, 1.165) is 22.6 Å². The van der Waals surface area contributed by atoms with Crippen molar-refractivity contribution < 1.29 is 14.3 Å². The first-order valence-electron chi connectivity index (χ1n) is 10.0. The van der Waals surface area contributed by atoms with Gasteiger partial charge in [-0.2, -0.15) is 0 Å². The summed E-state index contributed by atoms with van der Waals surface area (Å²) in [5.74, 6) is 0.676. The fourth-order valence-corrected chi connectivity index (χ4v) is 4.29. The summed E-state index contributed by atoms with van der Waals surface area (Å²) < 4.78 is 13.0. The Balaban J connectivity index is 1.38. The zero-order valence-corrected chi connectivity index (χ0v) is 16.5. The molecule has 7 nitrogen and oxygen atoms in total. The molecule has 2 aromatic rings. The molecule has 29 heavy (non-hydrogen) atoms. The van der Waals surface area contributed by atoms with Gasteiger partial charge < -0.3 is 20.6 Å². The predicted octanol–water partition coefficient (Wildman–Crippen LogP) is 1.37. The van der Waals surface area contributed by atoms with Gasteiger partial charge in [-0.25, -0.2) is 14.4 Å². The summed E-state index contributed by atoms with van der Waals surface area (Å²) in [6.07, 6.45) is 2.02. The monoisotopic (exact) mass is 399 g/mol. The van der Waals surface area contributed by atoms with Crippen LogP contribution in [0.15, 0.2) is 30.6 Å². The third kappa shape index (κ3) is 3.95. The van der Waals surface area contributed by atoms with E-state index in [1.165, 1.54) is 18.5 Å². The van der Waals surface area contributed by atoms with Crippen molar-refractivity contribution in [1.82, 2.24) is 14.9 Å². The number of piperazine rings is 1. The van der Waals surface area contributed by atoms with Crippen LogP contribution in [0.2, 0.25) is 0 Å². The second-order valence-electron chi connectivity index (χ2n) is 7.90. The summed E-state index contributed by atoms with van der Waals surface area (Å²) in [5.41, 5.74) is 8.71. The molecule has 1 aliphatic heterocycles. The molecular formula is C21H26FN5O2. The van der Waals surface area contributed by atoms with Gasteiger partial charge in [0.2, 0.25) is 5.91 Å². The van der Waals surface area contributed by atoms with Crippen LogP contribution in [-0.2, 0) is 11.2 Å². The summed E-state index contributed by atoms with van der Waals surface area (Å²) in [7, 11) is 0. The number of aliphatic hydroxyl groups is 1. The number of hydrogen-bond donors (Lipinski definition) is 2. The van der Waals surface area contributed by atoms with E-state index in [2.05, 4.69) is 21.8 Å². The van der Waals surface area contributed by atoms with Crippen LogP contribution in [0.1, 0.15) is 42.2 Å². The molecule has 1 aromatic heterocycles. The van der Waals surface area contributed by atoms with Gasteiger partial charge in [0.05, 0.1) is 17.8 Å². The molecule has 0 radical (unpaired) electrons. The maximum atomic E-state index is 13.0. The quantitative estimate of drug-likeness (QED) is 0.806. The molecule has 3 N–H and O–H groups in total. The Morgan fingerprint density at radius 3 is 2.62 bits per heavy atom. The van der Waals surface area contributed by atoms with Gasteiger partial charge in [0.15, 0.2) is 0 Å². The maximum Gasteiger partial charge on any atom is 0.239 e. The van der Waals surface area contributed by atoms with Crippen LogP contribution < -0.4 is 10.6 Å². The van der Waals surface area contributed by atoms with Crippen molar-refractivity contribution in [3.8, 4) is 0 Å². The van der Waals surface area contributed by atoms with Crippen molar-refractivity contribution >= 4 is 11.7 Å². The first-order chi connectivity index (χ1) is 13.9. The van der Waals surface area contributed by atoms with Crippen LogP contribution in [0.3, 0.4) is 0 Å². The Labute approximate surface area is 169 Å². The average Bonchev–Trinajstić information content (AvgIpc) is 3.03. The number of aliphatic hydroxyl groups excluding tert-OH is 1. The highest BCUT2D eigenvalue weighted by atomic mass is 19.1. The molecule has 2 aliphatic rings. The number of benzene rings is 1. The highest BCUT2D eigenvalue weighted by Gasteiger charge is 2.34. The molecule has 1 amide bonds. The van der Waals surface area contributed by atoms with Crippen LogP contribution in [0, 0.1) is 5.82 Å². The van der Waals surface area contributed by atoms with E-state index >= 15 is 0 Å². The first kappa shape index (κ1) is 19.7. The second kappa shape index (κ2) is 8.04. The molecule has 0 saturated carbocycles. The van der Waals surface area contributed by atoms with E-state index in [9.17, 15) is 14.3 Å². The fourth-order valence-electron chi connectivity index (χ4n) is 4.29. The third-order valence-corrected chi connectivity index (χ3v) is 5.86. The van der Waals surface area contributed by atoms with Crippen LogP contribution in [0.25, 0.3) is 0 Å². The second-order valence-corrected chi connectivity index (χ2v) is 7.90. The number of anilines is 1. The van der Waals surface area contributed by atoms with Crippen molar-refractivity contribution in [1.29, 1.82) is 0 Å². The minimum absolute atomic E-state index is 0.0920. The summed E-state index contributed by atoms with van der Waals surface area (Å²) >= 11 is 0. The minimum atomic E-state index is -0.648. The van der Waals surface area contributed by atoms with E-state index in [4.69, 9.17) is 5.73 Å². The van der Waals surface area contributed by atoms with E-state index < -0.39 is 12.1 Å². The normalized spacial score (nSPS) is 22.5. The number of nitrogens with two attached hydrogens (primary N) is 1. The molecule has 0 unspecified atom stereocenters. The maximum absolute atomic E-state index is 13.0. The number of carbonyl (C=O) groups excluding carboxylic acids is 1. The van der Waals surface area contributed by atoms with Gasteiger partial charge in [0, 0.05) is 31.7 Å². The van der Waals surface area contributed by atoms with Gasteiger partial charge in [-0.05, 0) is 36.5 Å². The zero-order chi connectivity index (χ0) is 20.5.